The molecule has 0 fully saturated rings. The van der Waals surface area contributed by atoms with Crippen molar-refractivity contribution in [2.24, 2.45) is 0 Å². The zero-order valence-corrected chi connectivity index (χ0v) is 16.0. The average Bonchev–Trinajstić information content (AvgIpc) is 2.61. The van der Waals surface area contributed by atoms with Crippen molar-refractivity contribution in [3.05, 3.63) is 53.6 Å². The lowest BCUT2D eigenvalue weighted by Crippen LogP contribution is -2.29. The van der Waals surface area contributed by atoms with E-state index in [1.807, 2.05) is 26.8 Å². The number of sulfonamides is 1. The Labute approximate surface area is 154 Å². The minimum absolute atomic E-state index is 0.104. The van der Waals surface area contributed by atoms with Crippen LogP contribution in [0.25, 0.3) is 0 Å². The molecule has 0 aliphatic carbocycles. The maximum Gasteiger partial charge on any atom is 0.261 e. The molecule has 0 saturated carbocycles. The SMILES string of the molecule is CCCNC(=O)COc1ccc(S(=O)(=O)Nc2ccc(C)c(C)c2)cc1. The maximum absolute atomic E-state index is 12.5. The number of carbonyl (C=O) groups is 1. The van der Waals surface area contributed by atoms with Gasteiger partial charge in [0.1, 0.15) is 5.75 Å². The fraction of sp³-hybridized carbons (Fsp3) is 0.316. The summed E-state index contributed by atoms with van der Waals surface area (Å²) in [5, 5.41) is 2.70. The van der Waals surface area contributed by atoms with Crippen LogP contribution in [0.4, 0.5) is 5.69 Å². The Balaban J connectivity index is 2.01. The fourth-order valence-corrected chi connectivity index (χ4v) is 3.25. The maximum atomic E-state index is 12.5. The highest BCUT2D eigenvalue weighted by Gasteiger charge is 2.14. The van der Waals surface area contributed by atoms with Gasteiger partial charge in [-0.1, -0.05) is 13.0 Å². The summed E-state index contributed by atoms with van der Waals surface area (Å²) in [5.41, 5.74) is 2.62. The van der Waals surface area contributed by atoms with Gasteiger partial charge in [0.15, 0.2) is 6.61 Å². The summed E-state index contributed by atoms with van der Waals surface area (Å²) in [7, 11) is -3.69. The monoisotopic (exact) mass is 376 g/mol. The highest BCUT2D eigenvalue weighted by atomic mass is 32.2. The van der Waals surface area contributed by atoms with Gasteiger partial charge in [0.05, 0.1) is 4.90 Å². The van der Waals surface area contributed by atoms with Gasteiger partial charge in [-0.05, 0) is 67.8 Å². The molecule has 0 saturated heterocycles. The molecule has 0 radical (unpaired) electrons. The van der Waals surface area contributed by atoms with E-state index in [0.29, 0.717) is 18.0 Å². The number of anilines is 1. The van der Waals surface area contributed by atoms with Gasteiger partial charge in [0, 0.05) is 12.2 Å². The molecule has 6 nitrogen and oxygen atoms in total. The largest absolute Gasteiger partial charge is 0.484 e. The molecule has 0 atom stereocenters. The van der Waals surface area contributed by atoms with Crippen molar-refractivity contribution in [2.45, 2.75) is 32.1 Å². The Morgan fingerprint density at radius 3 is 2.35 bits per heavy atom. The number of carbonyl (C=O) groups excluding carboxylic acids is 1. The second-order valence-corrected chi connectivity index (χ2v) is 7.70. The predicted molar refractivity (Wildman–Crippen MR) is 102 cm³/mol. The molecule has 0 heterocycles. The van der Waals surface area contributed by atoms with Crippen LogP contribution in [-0.2, 0) is 14.8 Å². The lowest BCUT2D eigenvalue weighted by Gasteiger charge is -2.11. The standard InChI is InChI=1S/C19H24N2O4S/c1-4-11-20-19(22)13-25-17-7-9-18(10-8-17)26(23,24)21-16-6-5-14(2)15(3)12-16/h5-10,12,21H,4,11,13H2,1-3H3,(H,20,22). The summed E-state index contributed by atoms with van der Waals surface area (Å²) in [6.07, 6.45) is 0.853. The molecule has 1 amide bonds. The highest BCUT2D eigenvalue weighted by Crippen LogP contribution is 2.21. The number of nitrogens with one attached hydrogen (secondary N) is 2. The van der Waals surface area contributed by atoms with E-state index in [1.165, 1.54) is 24.3 Å². The molecule has 2 aromatic carbocycles. The van der Waals surface area contributed by atoms with Crippen LogP contribution in [0.5, 0.6) is 5.75 Å². The first kappa shape index (κ1) is 19.8. The number of hydrogen-bond acceptors (Lipinski definition) is 4. The zero-order valence-electron chi connectivity index (χ0n) is 15.2. The van der Waals surface area contributed by atoms with Gasteiger partial charge in [0.2, 0.25) is 0 Å². The summed E-state index contributed by atoms with van der Waals surface area (Å²) < 4.78 is 32.9. The minimum atomic E-state index is -3.69. The molecule has 2 aromatic rings. The van der Waals surface area contributed by atoms with E-state index in [0.717, 1.165) is 17.5 Å². The summed E-state index contributed by atoms with van der Waals surface area (Å²) >= 11 is 0. The Hall–Kier alpha value is -2.54. The predicted octanol–water partition coefficient (Wildman–Crippen LogP) is 3.01. The topological polar surface area (TPSA) is 84.5 Å². The number of rotatable bonds is 8. The van der Waals surface area contributed by atoms with Crippen molar-refractivity contribution < 1.29 is 17.9 Å². The Kier molecular flexibility index (Phi) is 6.63. The van der Waals surface area contributed by atoms with Crippen LogP contribution in [0.15, 0.2) is 47.4 Å². The van der Waals surface area contributed by atoms with E-state index in [2.05, 4.69) is 10.0 Å². The normalized spacial score (nSPS) is 11.0. The van der Waals surface area contributed by atoms with E-state index in [-0.39, 0.29) is 17.4 Å². The van der Waals surface area contributed by atoms with E-state index < -0.39 is 10.0 Å². The molecule has 140 valence electrons. The number of amides is 1. The first-order chi connectivity index (χ1) is 12.3. The van der Waals surface area contributed by atoms with Crippen LogP contribution in [-0.4, -0.2) is 27.5 Å². The summed E-state index contributed by atoms with van der Waals surface area (Å²) in [4.78, 5) is 11.6. The number of aryl methyl sites for hydroxylation is 2. The van der Waals surface area contributed by atoms with Gasteiger partial charge >= 0.3 is 0 Å². The molecular formula is C19H24N2O4S. The number of benzene rings is 2. The molecule has 7 heteroatoms. The Bertz CT molecular complexity index is 862. The van der Waals surface area contributed by atoms with Crippen molar-refractivity contribution in [1.29, 1.82) is 0 Å². The molecule has 0 unspecified atom stereocenters. The van der Waals surface area contributed by atoms with Crippen LogP contribution >= 0.6 is 0 Å². The van der Waals surface area contributed by atoms with Crippen LogP contribution in [0.3, 0.4) is 0 Å². The summed E-state index contributed by atoms with van der Waals surface area (Å²) in [5.74, 6) is 0.224. The molecule has 0 aliphatic heterocycles. The first-order valence-electron chi connectivity index (χ1n) is 8.41. The third-order valence-electron chi connectivity index (χ3n) is 3.84. The molecule has 0 spiro atoms. The van der Waals surface area contributed by atoms with Crippen LogP contribution in [0, 0.1) is 13.8 Å². The van der Waals surface area contributed by atoms with Gasteiger partial charge in [-0.2, -0.15) is 0 Å². The van der Waals surface area contributed by atoms with Crippen molar-refractivity contribution in [1.82, 2.24) is 5.32 Å². The molecule has 2 rings (SSSR count). The van der Waals surface area contributed by atoms with E-state index >= 15 is 0 Å². The van der Waals surface area contributed by atoms with Crippen molar-refractivity contribution in [3.63, 3.8) is 0 Å². The lowest BCUT2D eigenvalue weighted by molar-refractivity contribution is -0.123. The van der Waals surface area contributed by atoms with E-state index in [1.54, 1.807) is 12.1 Å². The van der Waals surface area contributed by atoms with Crippen molar-refractivity contribution in [2.75, 3.05) is 17.9 Å². The van der Waals surface area contributed by atoms with E-state index in [4.69, 9.17) is 4.74 Å². The average molecular weight is 376 g/mol. The molecule has 2 N–H and O–H groups in total. The first-order valence-corrected chi connectivity index (χ1v) is 9.90. The zero-order chi connectivity index (χ0) is 19.2. The fourth-order valence-electron chi connectivity index (χ4n) is 2.20. The van der Waals surface area contributed by atoms with Gasteiger partial charge < -0.3 is 10.1 Å². The molecular weight excluding hydrogens is 352 g/mol. The van der Waals surface area contributed by atoms with Gasteiger partial charge in [-0.25, -0.2) is 8.42 Å². The van der Waals surface area contributed by atoms with Gasteiger partial charge in [-0.3, -0.25) is 9.52 Å². The smallest absolute Gasteiger partial charge is 0.261 e. The van der Waals surface area contributed by atoms with Crippen molar-refractivity contribution >= 4 is 21.6 Å². The van der Waals surface area contributed by atoms with Crippen LogP contribution in [0.2, 0.25) is 0 Å². The number of hydrogen-bond donors (Lipinski definition) is 2. The Morgan fingerprint density at radius 2 is 1.73 bits per heavy atom. The highest BCUT2D eigenvalue weighted by molar-refractivity contribution is 7.92. The summed E-state index contributed by atoms with van der Waals surface area (Å²) in [6.45, 7) is 6.35. The molecule has 26 heavy (non-hydrogen) atoms. The Morgan fingerprint density at radius 1 is 1.04 bits per heavy atom. The third kappa shape index (κ3) is 5.49. The third-order valence-corrected chi connectivity index (χ3v) is 5.23. The second kappa shape index (κ2) is 8.71. The van der Waals surface area contributed by atoms with Gasteiger partial charge in [-0.15, -0.1) is 0 Å². The molecule has 0 bridgehead atoms. The van der Waals surface area contributed by atoms with Crippen LogP contribution < -0.4 is 14.8 Å². The second-order valence-electron chi connectivity index (χ2n) is 6.01. The minimum Gasteiger partial charge on any atom is -0.484 e. The number of ether oxygens (including phenoxy) is 1. The lowest BCUT2D eigenvalue weighted by atomic mass is 10.1. The summed E-state index contributed by atoms with van der Waals surface area (Å²) in [6, 6.07) is 11.3. The molecule has 0 aromatic heterocycles. The quantitative estimate of drug-likeness (QED) is 0.742. The van der Waals surface area contributed by atoms with E-state index in [9.17, 15) is 13.2 Å². The van der Waals surface area contributed by atoms with Crippen molar-refractivity contribution in [3.8, 4) is 5.75 Å². The van der Waals surface area contributed by atoms with Crippen LogP contribution in [0.1, 0.15) is 24.5 Å². The molecule has 0 aliphatic rings. The van der Waals surface area contributed by atoms with Gasteiger partial charge in [0.25, 0.3) is 15.9 Å².